The molecule has 0 saturated heterocycles. The van der Waals surface area contributed by atoms with Gasteiger partial charge in [0.25, 0.3) is 0 Å². The van der Waals surface area contributed by atoms with E-state index >= 15 is 0 Å². The normalized spacial score (nSPS) is 24.9. The average Bonchev–Trinajstić information content (AvgIpc) is 4.19. The molecule has 6 aliphatic rings. The fourth-order valence-electron chi connectivity index (χ4n) is 14.8. The predicted molar refractivity (Wildman–Crippen MR) is 300 cm³/mol. The van der Waals surface area contributed by atoms with Crippen LogP contribution in [0, 0.1) is 16.2 Å². The van der Waals surface area contributed by atoms with E-state index < -0.39 is 16.2 Å². The Morgan fingerprint density at radius 3 is 0.933 bits per heavy atom. The van der Waals surface area contributed by atoms with Crippen molar-refractivity contribution >= 4 is 52.2 Å². The van der Waals surface area contributed by atoms with Crippen molar-refractivity contribution in [3.8, 4) is 0 Å². The molecular formula is C63H69Cl3N6O3. The van der Waals surface area contributed by atoms with Gasteiger partial charge in [0.05, 0.1) is 34.8 Å². The third-order valence-electron chi connectivity index (χ3n) is 17.4. The molecule has 9 nitrogen and oxygen atoms in total. The number of ketones is 3. The lowest BCUT2D eigenvalue weighted by molar-refractivity contribution is -0.119. The standard InChI is InChI=1S/3C21H23ClN2O/c3*1-4-21(14-6-5-7-15(22)9-14)16-12-23-24-17(16)8-13-10-20(2,3)11-18(25)19(13)21/h3*5-7,9,12H,4,8,10-11H2,1-3H3,(H,23,24)/t2*21-;/m10./s1. The largest absolute Gasteiger partial charge is 0.294 e. The number of rotatable bonds is 6. The molecule has 12 heteroatoms. The summed E-state index contributed by atoms with van der Waals surface area (Å²) in [5.74, 6) is 0.833. The van der Waals surface area contributed by atoms with Crippen LogP contribution in [0.1, 0.15) is 171 Å². The predicted octanol–water partition coefficient (Wildman–Crippen LogP) is 15.0. The Labute approximate surface area is 456 Å². The van der Waals surface area contributed by atoms with Gasteiger partial charge in [-0.1, -0.05) is 150 Å². The zero-order valence-corrected chi connectivity index (χ0v) is 47.1. The number of fused-ring (bicyclic) bond motifs is 3. The maximum absolute atomic E-state index is 13.3. The van der Waals surface area contributed by atoms with Crippen LogP contribution in [0.15, 0.2) is 125 Å². The van der Waals surface area contributed by atoms with Crippen molar-refractivity contribution in [1.82, 2.24) is 30.6 Å². The van der Waals surface area contributed by atoms with Gasteiger partial charge in [0.2, 0.25) is 0 Å². The molecule has 3 aromatic heterocycles. The van der Waals surface area contributed by atoms with Crippen LogP contribution in [0.4, 0.5) is 0 Å². The molecule has 0 saturated carbocycles. The van der Waals surface area contributed by atoms with Crippen molar-refractivity contribution in [3.05, 3.63) is 190 Å². The van der Waals surface area contributed by atoms with Gasteiger partial charge in [-0.2, -0.15) is 15.3 Å². The Balaban J connectivity index is 0.000000128. The van der Waals surface area contributed by atoms with Gasteiger partial charge >= 0.3 is 0 Å². The monoisotopic (exact) mass is 1060 g/mol. The molecule has 0 fully saturated rings. The van der Waals surface area contributed by atoms with Crippen molar-refractivity contribution in [2.75, 3.05) is 0 Å². The first kappa shape index (κ1) is 52.8. The highest BCUT2D eigenvalue weighted by atomic mass is 35.5. The summed E-state index contributed by atoms with van der Waals surface area (Å²) in [6, 6.07) is 23.9. The molecule has 12 rings (SSSR count). The zero-order valence-electron chi connectivity index (χ0n) is 44.8. The quantitative estimate of drug-likeness (QED) is 0.152. The summed E-state index contributed by atoms with van der Waals surface area (Å²) in [6.45, 7) is 19.6. The number of aromatic amines is 3. The van der Waals surface area contributed by atoms with E-state index in [4.69, 9.17) is 34.8 Å². The van der Waals surface area contributed by atoms with Crippen molar-refractivity contribution in [2.45, 2.75) is 156 Å². The number of allylic oxidation sites excluding steroid dienone is 6. The molecule has 6 aliphatic carbocycles. The summed E-state index contributed by atoms with van der Waals surface area (Å²) in [4.78, 5) is 39.9. The maximum Gasteiger partial charge on any atom is 0.160 e. The fraction of sp³-hybridized carbons (Fsp3) is 0.429. The SMILES string of the molecule is CCC1(c2cccc(Cl)c2)C2=C(Cc3[nH]ncc31)CC(C)(C)CC2=O.CC[C@@]1(c2cccc(Cl)c2)C2=C(Cc3[nH]ncc31)CC(C)(C)CC2=O.CC[C@]1(c2cccc(Cl)c2)C2=C(Cc3[nH]ncc31)CC(C)(C)CC2=O. The molecule has 3 aromatic carbocycles. The minimum absolute atomic E-state index is 0.0151. The second-order valence-corrected chi connectivity index (χ2v) is 25.7. The fourth-order valence-corrected chi connectivity index (χ4v) is 15.4. The van der Waals surface area contributed by atoms with Crippen LogP contribution < -0.4 is 0 Å². The molecular weight excluding hydrogens is 995 g/mol. The van der Waals surface area contributed by atoms with Crippen molar-refractivity contribution in [3.63, 3.8) is 0 Å². The number of nitrogens with one attached hydrogen (secondary N) is 3. The minimum Gasteiger partial charge on any atom is -0.294 e. The number of hydrogen-bond donors (Lipinski definition) is 3. The van der Waals surface area contributed by atoms with Gasteiger partial charge < -0.3 is 0 Å². The number of hydrogen-bond acceptors (Lipinski definition) is 6. The van der Waals surface area contributed by atoms with Gasteiger partial charge in [0.1, 0.15) is 0 Å². The summed E-state index contributed by atoms with van der Waals surface area (Å²) in [7, 11) is 0. The Morgan fingerprint density at radius 2 is 0.693 bits per heavy atom. The van der Waals surface area contributed by atoms with E-state index in [0.717, 1.165) is 125 Å². The molecule has 0 bridgehead atoms. The maximum atomic E-state index is 13.3. The topological polar surface area (TPSA) is 137 Å². The molecule has 0 aliphatic heterocycles. The van der Waals surface area contributed by atoms with Crippen LogP contribution in [0.25, 0.3) is 0 Å². The van der Waals surface area contributed by atoms with Crippen LogP contribution >= 0.6 is 34.8 Å². The molecule has 0 radical (unpaired) electrons. The number of carbonyl (C=O) groups is 3. The number of benzene rings is 3. The van der Waals surface area contributed by atoms with Crippen molar-refractivity contribution < 1.29 is 14.4 Å². The van der Waals surface area contributed by atoms with E-state index in [-0.39, 0.29) is 33.6 Å². The first-order valence-corrected chi connectivity index (χ1v) is 27.9. The van der Waals surface area contributed by atoms with Crippen LogP contribution in [0.3, 0.4) is 0 Å². The smallest absolute Gasteiger partial charge is 0.160 e. The Hall–Kier alpha value is -5.61. The molecule has 75 heavy (non-hydrogen) atoms. The first-order chi connectivity index (χ1) is 35.6. The molecule has 0 spiro atoms. The highest BCUT2D eigenvalue weighted by Crippen LogP contribution is 2.57. The lowest BCUT2D eigenvalue weighted by atomic mass is 9.57. The van der Waals surface area contributed by atoms with Gasteiger partial charge in [-0.3, -0.25) is 29.7 Å². The Morgan fingerprint density at radius 1 is 0.427 bits per heavy atom. The van der Waals surface area contributed by atoms with E-state index in [1.54, 1.807) is 0 Å². The molecule has 390 valence electrons. The van der Waals surface area contributed by atoms with E-state index in [9.17, 15) is 14.4 Å². The summed E-state index contributed by atoms with van der Waals surface area (Å²) in [5, 5.41) is 24.6. The number of halogens is 3. The number of nitrogens with zero attached hydrogens (tertiary/aromatic N) is 3. The van der Waals surface area contributed by atoms with E-state index in [1.165, 1.54) is 16.7 Å². The molecule has 6 aromatic rings. The highest BCUT2D eigenvalue weighted by molar-refractivity contribution is 6.31. The molecule has 3 N–H and O–H groups in total. The van der Waals surface area contributed by atoms with Gasteiger partial charge in [0.15, 0.2) is 17.3 Å². The van der Waals surface area contributed by atoms with Gasteiger partial charge in [0, 0.05) is 104 Å². The van der Waals surface area contributed by atoms with Crippen molar-refractivity contribution in [2.24, 2.45) is 16.2 Å². The lowest BCUT2D eigenvalue weighted by Crippen LogP contribution is -2.42. The lowest BCUT2D eigenvalue weighted by Gasteiger charge is -2.45. The molecule has 3 atom stereocenters. The third-order valence-corrected chi connectivity index (χ3v) is 18.1. The Kier molecular flexibility index (Phi) is 13.7. The second kappa shape index (κ2) is 19.4. The highest BCUT2D eigenvalue weighted by Gasteiger charge is 2.53. The summed E-state index contributed by atoms with van der Waals surface area (Å²) in [5.41, 5.74) is 15.5. The van der Waals surface area contributed by atoms with Gasteiger partial charge in [-0.15, -0.1) is 0 Å². The Bertz CT molecular complexity index is 3030. The van der Waals surface area contributed by atoms with Crippen LogP contribution in [-0.4, -0.2) is 47.9 Å². The van der Waals surface area contributed by atoms with Gasteiger partial charge in [-0.25, -0.2) is 0 Å². The average molecular weight is 1060 g/mol. The summed E-state index contributed by atoms with van der Waals surface area (Å²) in [6.07, 6.45) is 15.2. The molecule has 0 amide bonds. The second-order valence-electron chi connectivity index (χ2n) is 24.4. The first-order valence-electron chi connectivity index (χ1n) is 26.8. The zero-order chi connectivity index (χ0) is 53.5. The van der Waals surface area contributed by atoms with Crippen LogP contribution in [0.5, 0.6) is 0 Å². The number of H-pyrrole nitrogens is 3. The van der Waals surface area contributed by atoms with Crippen LogP contribution in [-0.2, 0) is 49.9 Å². The van der Waals surface area contributed by atoms with E-state index in [2.05, 4.69) is 111 Å². The molecule has 3 heterocycles. The van der Waals surface area contributed by atoms with Crippen LogP contribution in [0.2, 0.25) is 15.1 Å². The third kappa shape index (κ3) is 8.96. The minimum atomic E-state index is -0.450. The molecule has 1 unspecified atom stereocenters. The number of aromatic nitrogens is 6. The number of Topliss-reactive ketones (excluding diaryl/α,β-unsaturated/α-hetero) is 3. The van der Waals surface area contributed by atoms with E-state index in [1.807, 2.05) is 73.2 Å². The van der Waals surface area contributed by atoms with E-state index in [0.29, 0.717) is 34.3 Å². The van der Waals surface area contributed by atoms with Crippen molar-refractivity contribution in [1.29, 1.82) is 0 Å². The van der Waals surface area contributed by atoms with Gasteiger partial charge in [-0.05, 0) is 108 Å². The summed E-state index contributed by atoms with van der Waals surface area (Å²) >= 11 is 18.9. The summed E-state index contributed by atoms with van der Waals surface area (Å²) < 4.78 is 0. The number of carbonyl (C=O) groups excluding carboxylic acids is 3.